The van der Waals surface area contributed by atoms with Crippen molar-refractivity contribution in [1.29, 1.82) is 5.26 Å². The number of allylic oxidation sites excluding steroid dienone is 1. The van der Waals surface area contributed by atoms with Crippen LogP contribution in [0.1, 0.15) is 10.8 Å². The average molecular weight is 446 g/mol. The Morgan fingerprint density at radius 1 is 1.03 bits per heavy atom. The molecule has 3 heterocycles. The van der Waals surface area contributed by atoms with E-state index in [1.807, 2.05) is 66.0 Å². The lowest BCUT2D eigenvalue weighted by Crippen LogP contribution is -1.82. The summed E-state index contributed by atoms with van der Waals surface area (Å²) in [7, 11) is 0. The van der Waals surface area contributed by atoms with Gasteiger partial charge in [0.15, 0.2) is 10.8 Å². The Morgan fingerprint density at radius 2 is 1.87 bits per heavy atom. The standard InChI is InChI=1S/C23H12ClN3OS2/c24-16-7-5-14(6-8-16)19-13-29-22(27-19)15(12-25)11-17-9-10-20(28-17)23-26-18-3-1-2-4-21(18)30-23/h1-11,13H. The molecule has 5 rings (SSSR count). The molecule has 0 radical (unpaired) electrons. The van der Waals surface area contributed by atoms with Crippen molar-refractivity contribution >= 4 is 56.1 Å². The first-order chi connectivity index (χ1) is 14.7. The normalized spacial score (nSPS) is 11.7. The number of hydrogen-bond donors (Lipinski definition) is 0. The molecule has 7 heteroatoms. The molecule has 0 saturated heterocycles. The van der Waals surface area contributed by atoms with Crippen LogP contribution in [-0.4, -0.2) is 9.97 Å². The number of hydrogen-bond acceptors (Lipinski definition) is 6. The molecule has 0 fully saturated rings. The Kier molecular flexibility index (Phi) is 4.93. The molecule has 0 spiro atoms. The van der Waals surface area contributed by atoms with E-state index in [1.165, 1.54) is 11.3 Å². The number of fused-ring (bicyclic) bond motifs is 1. The molecule has 30 heavy (non-hydrogen) atoms. The van der Waals surface area contributed by atoms with Crippen molar-refractivity contribution in [2.24, 2.45) is 0 Å². The van der Waals surface area contributed by atoms with Crippen molar-refractivity contribution < 1.29 is 4.42 Å². The third kappa shape index (κ3) is 3.66. The van der Waals surface area contributed by atoms with E-state index in [2.05, 4.69) is 16.0 Å². The van der Waals surface area contributed by atoms with E-state index < -0.39 is 0 Å². The molecular weight excluding hydrogens is 434 g/mol. The zero-order chi connectivity index (χ0) is 20.5. The smallest absolute Gasteiger partial charge is 0.163 e. The molecule has 3 aromatic heterocycles. The largest absolute Gasteiger partial charge is 0.454 e. The van der Waals surface area contributed by atoms with Crippen LogP contribution in [0, 0.1) is 11.3 Å². The van der Waals surface area contributed by atoms with Crippen LogP contribution in [0.4, 0.5) is 0 Å². The molecule has 0 aliphatic heterocycles. The molecule has 0 unspecified atom stereocenters. The molecule has 0 saturated carbocycles. The minimum Gasteiger partial charge on any atom is -0.454 e. The third-order valence-electron chi connectivity index (χ3n) is 4.41. The van der Waals surface area contributed by atoms with E-state index in [-0.39, 0.29) is 0 Å². The Morgan fingerprint density at radius 3 is 2.67 bits per heavy atom. The van der Waals surface area contributed by atoms with Crippen molar-refractivity contribution in [3.05, 3.63) is 81.8 Å². The first-order valence-corrected chi connectivity index (χ1v) is 11.1. The topological polar surface area (TPSA) is 62.7 Å². The van der Waals surface area contributed by atoms with Gasteiger partial charge in [0, 0.05) is 22.0 Å². The van der Waals surface area contributed by atoms with Gasteiger partial charge >= 0.3 is 0 Å². The van der Waals surface area contributed by atoms with Crippen molar-refractivity contribution in [2.75, 3.05) is 0 Å². The molecule has 0 aliphatic rings. The molecule has 0 amide bonds. The molecule has 4 nitrogen and oxygen atoms in total. The van der Waals surface area contributed by atoms with Crippen molar-refractivity contribution in [2.45, 2.75) is 0 Å². The molecule has 0 N–H and O–H groups in total. The van der Waals surface area contributed by atoms with Crippen LogP contribution >= 0.6 is 34.3 Å². The summed E-state index contributed by atoms with van der Waals surface area (Å²) >= 11 is 8.95. The lowest BCUT2D eigenvalue weighted by Gasteiger charge is -1.96. The Hall–Kier alpha value is -3.24. The van der Waals surface area contributed by atoms with E-state index in [1.54, 1.807) is 17.4 Å². The summed E-state index contributed by atoms with van der Waals surface area (Å²) in [5.41, 5.74) is 3.16. The van der Waals surface area contributed by atoms with Crippen LogP contribution in [0.5, 0.6) is 0 Å². The van der Waals surface area contributed by atoms with E-state index in [9.17, 15) is 5.26 Å². The fourth-order valence-electron chi connectivity index (χ4n) is 2.96. The van der Waals surface area contributed by atoms with Crippen LogP contribution < -0.4 is 0 Å². The molecule has 0 bridgehead atoms. The number of para-hydroxylation sites is 1. The van der Waals surface area contributed by atoms with Gasteiger partial charge in [-0.05, 0) is 36.4 Å². The fraction of sp³-hybridized carbons (Fsp3) is 0. The van der Waals surface area contributed by atoms with Crippen LogP contribution in [0.15, 0.2) is 70.5 Å². The van der Waals surface area contributed by atoms with Gasteiger partial charge < -0.3 is 4.42 Å². The van der Waals surface area contributed by atoms with Crippen molar-refractivity contribution in [1.82, 2.24) is 9.97 Å². The first-order valence-electron chi connectivity index (χ1n) is 8.99. The minimum atomic E-state index is 0.449. The second kappa shape index (κ2) is 7.88. The lowest BCUT2D eigenvalue weighted by molar-refractivity contribution is 0.571. The van der Waals surface area contributed by atoms with Gasteiger partial charge in [0.1, 0.15) is 16.8 Å². The number of rotatable bonds is 4. The van der Waals surface area contributed by atoms with Gasteiger partial charge in [-0.1, -0.05) is 35.9 Å². The summed E-state index contributed by atoms with van der Waals surface area (Å²) < 4.78 is 7.05. The van der Waals surface area contributed by atoms with Crippen molar-refractivity contribution in [3.8, 4) is 28.1 Å². The predicted octanol–water partition coefficient (Wildman–Crippen LogP) is 7.40. The monoisotopic (exact) mass is 445 g/mol. The molecule has 0 atom stereocenters. The average Bonchev–Trinajstić information content (AvgIpc) is 3.51. The lowest BCUT2D eigenvalue weighted by atomic mass is 10.2. The highest BCUT2D eigenvalue weighted by Gasteiger charge is 2.13. The number of furan rings is 1. The third-order valence-corrected chi connectivity index (χ3v) is 6.59. The van der Waals surface area contributed by atoms with E-state index in [4.69, 9.17) is 16.0 Å². The number of thiazole rings is 2. The van der Waals surface area contributed by atoms with Crippen molar-refractivity contribution in [3.63, 3.8) is 0 Å². The number of benzene rings is 2. The first kappa shape index (κ1) is 18.8. The Bertz CT molecular complexity index is 1390. The molecule has 0 aliphatic carbocycles. The number of halogens is 1. The summed E-state index contributed by atoms with van der Waals surface area (Å²) in [6, 6.07) is 21.4. The van der Waals surface area contributed by atoms with Gasteiger partial charge in [-0.15, -0.1) is 22.7 Å². The van der Waals surface area contributed by atoms with Crippen LogP contribution in [0.2, 0.25) is 5.02 Å². The predicted molar refractivity (Wildman–Crippen MR) is 123 cm³/mol. The zero-order valence-electron chi connectivity index (χ0n) is 15.4. The van der Waals surface area contributed by atoms with Gasteiger partial charge in [0.2, 0.25) is 0 Å². The van der Waals surface area contributed by atoms with Gasteiger partial charge in [-0.2, -0.15) is 5.26 Å². The highest BCUT2D eigenvalue weighted by molar-refractivity contribution is 7.21. The van der Waals surface area contributed by atoms with Gasteiger partial charge in [0.05, 0.1) is 21.5 Å². The van der Waals surface area contributed by atoms with Gasteiger partial charge in [-0.3, -0.25) is 0 Å². The SMILES string of the molecule is N#CC(=Cc1ccc(-c2nc3ccccc3s2)o1)c1nc(-c2ccc(Cl)cc2)cs1. The van der Waals surface area contributed by atoms with Gasteiger partial charge in [0.25, 0.3) is 0 Å². The molecular formula is C23H12ClN3OS2. The number of nitrogens with zero attached hydrogens (tertiary/aromatic N) is 3. The summed E-state index contributed by atoms with van der Waals surface area (Å²) in [4.78, 5) is 9.22. The molecule has 5 aromatic rings. The quantitative estimate of drug-likeness (QED) is 0.270. The van der Waals surface area contributed by atoms with E-state index in [0.717, 1.165) is 26.5 Å². The maximum atomic E-state index is 9.66. The van der Waals surface area contributed by atoms with Crippen LogP contribution in [-0.2, 0) is 0 Å². The maximum Gasteiger partial charge on any atom is 0.163 e. The van der Waals surface area contributed by atoms with Crippen LogP contribution in [0.25, 0.3) is 43.9 Å². The second-order valence-electron chi connectivity index (χ2n) is 6.40. The highest BCUT2D eigenvalue weighted by atomic mass is 35.5. The van der Waals surface area contributed by atoms with E-state index in [0.29, 0.717) is 27.1 Å². The van der Waals surface area contributed by atoms with Gasteiger partial charge in [-0.25, -0.2) is 9.97 Å². The maximum absolute atomic E-state index is 9.66. The summed E-state index contributed by atoms with van der Waals surface area (Å²) in [6.07, 6.45) is 1.71. The highest BCUT2D eigenvalue weighted by Crippen LogP contribution is 2.33. The Balaban J connectivity index is 1.44. The second-order valence-corrected chi connectivity index (χ2v) is 8.73. The van der Waals surface area contributed by atoms with E-state index >= 15 is 0 Å². The Labute approximate surface area is 185 Å². The minimum absolute atomic E-state index is 0.449. The zero-order valence-corrected chi connectivity index (χ0v) is 17.8. The summed E-state index contributed by atoms with van der Waals surface area (Å²) in [6.45, 7) is 0. The summed E-state index contributed by atoms with van der Waals surface area (Å²) in [5, 5.41) is 13.7. The molecule has 144 valence electrons. The summed E-state index contributed by atoms with van der Waals surface area (Å²) in [5.74, 6) is 1.27. The fourth-order valence-corrected chi connectivity index (χ4v) is 4.81. The molecule has 2 aromatic carbocycles. The number of aromatic nitrogens is 2. The number of nitriles is 1. The van der Waals surface area contributed by atoms with Crippen LogP contribution in [0.3, 0.4) is 0 Å².